The summed E-state index contributed by atoms with van der Waals surface area (Å²) in [6.45, 7) is 2.57. The minimum Gasteiger partial charge on any atom is -0.324 e. The summed E-state index contributed by atoms with van der Waals surface area (Å²) in [4.78, 5) is 24.1. The number of nitrogens with zero attached hydrogens (tertiary/aromatic N) is 4. The second-order valence-electron chi connectivity index (χ2n) is 4.87. The van der Waals surface area contributed by atoms with Crippen molar-refractivity contribution in [1.82, 2.24) is 19.3 Å². The molecule has 3 aromatic heterocycles. The number of hydrogen-bond acceptors (Lipinski definition) is 4. The highest BCUT2D eigenvalue weighted by atomic mass is 32.1. The molecular weight excluding hydrogens is 272 g/mol. The van der Waals surface area contributed by atoms with Crippen LogP contribution in [0.25, 0.3) is 4.96 Å². The van der Waals surface area contributed by atoms with Crippen LogP contribution in [0, 0.1) is 0 Å². The van der Waals surface area contributed by atoms with E-state index in [1.165, 1.54) is 0 Å². The average molecular weight is 284 g/mol. The van der Waals surface area contributed by atoms with E-state index in [0.717, 1.165) is 16.3 Å². The Hall–Kier alpha value is -2.21. The van der Waals surface area contributed by atoms with Crippen LogP contribution in [0.5, 0.6) is 0 Å². The summed E-state index contributed by atoms with van der Waals surface area (Å²) in [5, 5.41) is 2.00. The van der Waals surface area contributed by atoms with Crippen molar-refractivity contribution in [3.63, 3.8) is 0 Å². The van der Waals surface area contributed by atoms with Crippen molar-refractivity contribution >= 4 is 22.2 Å². The Morgan fingerprint density at radius 3 is 3.15 bits per heavy atom. The van der Waals surface area contributed by atoms with E-state index < -0.39 is 0 Å². The second-order valence-corrected chi connectivity index (χ2v) is 5.74. The normalized spacial score (nSPS) is 15.8. The van der Waals surface area contributed by atoms with Crippen molar-refractivity contribution in [3.8, 4) is 0 Å². The van der Waals surface area contributed by atoms with Gasteiger partial charge in [-0.05, 0) is 19.1 Å². The number of thiazole rings is 1. The number of imidazole rings is 1. The fraction of sp³-hybridized carbons (Fsp3) is 0.214. The van der Waals surface area contributed by atoms with Gasteiger partial charge in [-0.1, -0.05) is 0 Å². The molecule has 4 rings (SSSR count). The zero-order valence-corrected chi connectivity index (χ0v) is 11.7. The zero-order chi connectivity index (χ0) is 13.7. The van der Waals surface area contributed by atoms with Crippen molar-refractivity contribution in [3.05, 3.63) is 53.1 Å². The molecule has 20 heavy (non-hydrogen) atoms. The molecule has 4 heterocycles. The molecule has 0 saturated heterocycles. The molecule has 0 spiro atoms. The van der Waals surface area contributed by atoms with Crippen molar-refractivity contribution in [2.24, 2.45) is 0 Å². The lowest BCUT2D eigenvalue weighted by molar-refractivity contribution is 0.0712. The van der Waals surface area contributed by atoms with Crippen LogP contribution in [0.4, 0.5) is 0 Å². The van der Waals surface area contributed by atoms with Gasteiger partial charge < -0.3 is 4.90 Å². The third-order valence-corrected chi connectivity index (χ3v) is 4.48. The lowest BCUT2D eigenvalue weighted by Gasteiger charge is -2.22. The van der Waals surface area contributed by atoms with Gasteiger partial charge in [-0.15, -0.1) is 11.3 Å². The molecule has 1 atom stereocenters. The molecule has 3 aromatic rings. The molecule has 0 aromatic carbocycles. The van der Waals surface area contributed by atoms with Gasteiger partial charge in [-0.3, -0.25) is 14.2 Å². The van der Waals surface area contributed by atoms with Gasteiger partial charge in [-0.2, -0.15) is 0 Å². The third kappa shape index (κ3) is 1.58. The molecule has 0 saturated carbocycles. The smallest absolute Gasteiger partial charge is 0.256 e. The fourth-order valence-corrected chi connectivity index (χ4v) is 3.27. The molecule has 5 nitrogen and oxygen atoms in total. The molecule has 1 aliphatic heterocycles. The summed E-state index contributed by atoms with van der Waals surface area (Å²) in [7, 11) is 0. The first-order chi connectivity index (χ1) is 9.74. The number of fused-ring (bicyclic) bond motifs is 2. The fourth-order valence-electron chi connectivity index (χ4n) is 2.57. The molecular formula is C14H12N4OS. The number of pyridine rings is 1. The lowest BCUT2D eigenvalue weighted by atomic mass is 10.2. The standard InChI is InChI=1S/C14H12N4OS/c1-9(11-7-17-5-6-20-14(17)16-11)18-8-12-10(13(18)19)3-2-4-15-12/h2-7,9H,8H2,1H3/t9-/m0/s1. The molecule has 0 unspecified atom stereocenters. The van der Waals surface area contributed by atoms with Crippen LogP contribution in [0.2, 0.25) is 0 Å². The Bertz CT molecular complexity index is 778. The van der Waals surface area contributed by atoms with Gasteiger partial charge in [0.15, 0.2) is 4.96 Å². The third-order valence-electron chi connectivity index (χ3n) is 3.71. The van der Waals surface area contributed by atoms with Crippen molar-refractivity contribution in [2.45, 2.75) is 19.5 Å². The van der Waals surface area contributed by atoms with Gasteiger partial charge in [0, 0.05) is 24.0 Å². The van der Waals surface area contributed by atoms with Crippen LogP contribution in [0.15, 0.2) is 36.1 Å². The first kappa shape index (κ1) is 11.6. The van der Waals surface area contributed by atoms with E-state index in [1.54, 1.807) is 23.6 Å². The molecule has 100 valence electrons. The topological polar surface area (TPSA) is 50.5 Å². The van der Waals surface area contributed by atoms with Gasteiger partial charge in [-0.25, -0.2) is 4.98 Å². The summed E-state index contributed by atoms with van der Waals surface area (Å²) in [5.74, 6) is 0.0388. The van der Waals surface area contributed by atoms with E-state index in [9.17, 15) is 4.79 Å². The van der Waals surface area contributed by atoms with E-state index >= 15 is 0 Å². The highest BCUT2D eigenvalue weighted by molar-refractivity contribution is 7.15. The van der Waals surface area contributed by atoms with Gasteiger partial charge in [0.1, 0.15) is 0 Å². The highest BCUT2D eigenvalue weighted by Crippen LogP contribution is 2.30. The Balaban J connectivity index is 1.69. The Kier molecular flexibility index (Phi) is 2.40. The van der Waals surface area contributed by atoms with Crippen LogP contribution >= 0.6 is 11.3 Å². The number of rotatable bonds is 2. The quantitative estimate of drug-likeness (QED) is 0.726. The van der Waals surface area contributed by atoms with Crippen molar-refractivity contribution < 1.29 is 4.79 Å². The van der Waals surface area contributed by atoms with E-state index in [1.807, 2.05) is 40.1 Å². The van der Waals surface area contributed by atoms with E-state index in [-0.39, 0.29) is 11.9 Å². The Morgan fingerprint density at radius 2 is 2.35 bits per heavy atom. The Labute approximate surface area is 119 Å². The number of carbonyl (C=O) groups is 1. The van der Waals surface area contributed by atoms with E-state index in [4.69, 9.17) is 0 Å². The molecule has 0 bridgehead atoms. The summed E-state index contributed by atoms with van der Waals surface area (Å²) in [6, 6.07) is 3.59. The maximum atomic E-state index is 12.4. The van der Waals surface area contributed by atoms with Crippen LogP contribution in [-0.4, -0.2) is 25.2 Å². The van der Waals surface area contributed by atoms with E-state index in [0.29, 0.717) is 12.1 Å². The predicted molar refractivity (Wildman–Crippen MR) is 75.6 cm³/mol. The largest absolute Gasteiger partial charge is 0.324 e. The Morgan fingerprint density at radius 1 is 1.45 bits per heavy atom. The molecule has 1 amide bonds. The summed E-state index contributed by atoms with van der Waals surface area (Å²) in [5.41, 5.74) is 2.48. The van der Waals surface area contributed by atoms with Gasteiger partial charge in [0.25, 0.3) is 5.91 Å². The van der Waals surface area contributed by atoms with Crippen molar-refractivity contribution in [1.29, 1.82) is 0 Å². The van der Waals surface area contributed by atoms with Crippen LogP contribution in [0.3, 0.4) is 0 Å². The number of aromatic nitrogens is 3. The summed E-state index contributed by atoms with van der Waals surface area (Å²) in [6.07, 6.45) is 5.69. The maximum Gasteiger partial charge on any atom is 0.256 e. The van der Waals surface area contributed by atoms with Crippen LogP contribution in [-0.2, 0) is 6.54 Å². The highest BCUT2D eigenvalue weighted by Gasteiger charge is 2.33. The van der Waals surface area contributed by atoms with Crippen LogP contribution < -0.4 is 0 Å². The SMILES string of the molecule is C[C@@H](c1cn2ccsc2n1)N1Cc2ncccc2C1=O. The monoisotopic (exact) mass is 284 g/mol. The number of amides is 1. The molecule has 0 aliphatic carbocycles. The summed E-state index contributed by atoms with van der Waals surface area (Å²) < 4.78 is 1.99. The van der Waals surface area contributed by atoms with Gasteiger partial charge >= 0.3 is 0 Å². The average Bonchev–Trinajstić information content (AvgIpc) is 3.11. The van der Waals surface area contributed by atoms with Gasteiger partial charge in [0.2, 0.25) is 0 Å². The van der Waals surface area contributed by atoms with E-state index in [2.05, 4.69) is 9.97 Å². The number of hydrogen-bond donors (Lipinski definition) is 0. The van der Waals surface area contributed by atoms with Crippen LogP contribution in [0.1, 0.15) is 34.7 Å². The molecule has 0 N–H and O–H groups in total. The van der Waals surface area contributed by atoms with Crippen molar-refractivity contribution in [2.75, 3.05) is 0 Å². The molecule has 1 aliphatic rings. The minimum absolute atomic E-state index is 0.0388. The molecule has 0 fully saturated rings. The second kappa shape index (κ2) is 4.14. The summed E-state index contributed by atoms with van der Waals surface area (Å²) >= 11 is 1.59. The molecule has 0 radical (unpaired) electrons. The maximum absolute atomic E-state index is 12.4. The lowest BCUT2D eigenvalue weighted by Crippen LogP contribution is -2.27. The number of carbonyl (C=O) groups excluding carboxylic acids is 1. The zero-order valence-electron chi connectivity index (χ0n) is 10.9. The van der Waals surface area contributed by atoms with Gasteiger partial charge in [0.05, 0.1) is 29.5 Å². The minimum atomic E-state index is -0.0520. The molecule has 6 heteroatoms. The first-order valence-electron chi connectivity index (χ1n) is 6.41. The predicted octanol–water partition coefficient (Wildman–Crippen LogP) is 2.51. The first-order valence-corrected chi connectivity index (χ1v) is 7.29.